The van der Waals surface area contributed by atoms with Gasteiger partial charge in [0.05, 0.1) is 0 Å². The van der Waals surface area contributed by atoms with Gasteiger partial charge in [0.25, 0.3) is 0 Å². The molecule has 26 heavy (non-hydrogen) atoms. The number of anilines is 1. The summed E-state index contributed by atoms with van der Waals surface area (Å²) in [4.78, 5) is 13.8. The van der Waals surface area contributed by atoms with E-state index in [1.165, 1.54) is 24.2 Å². The van der Waals surface area contributed by atoms with Gasteiger partial charge in [-0.2, -0.15) is 11.8 Å². The van der Waals surface area contributed by atoms with Crippen LogP contribution in [0.3, 0.4) is 0 Å². The highest BCUT2D eigenvalue weighted by molar-refractivity contribution is 14.0. The molecule has 3 rings (SSSR count). The Labute approximate surface area is 179 Å². The zero-order valence-electron chi connectivity index (χ0n) is 16.1. The molecule has 0 aliphatic carbocycles. The highest BCUT2D eigenvalue weighted by Gasteiger charge is 2.24. The van der Waals surface area contributed by atoms with Crippen LogP contribution >= 0.6 is 35.7 Å². The van der Waals surface area contributed by atoms with Gasteiger partial charge in [-0.15, -0.1) is 24.0 Å². The van der Waals surface area contributed by atoms with Gasteiger partial charge in [-0.25, -0.2) is 4.98 Å². The molecule has 1 aromatic heterocycles. The van der Waals surface area contributed by atoms with Crippen LogP contribution in [0.25, 0.3) is 0 Å². The fourth-order valence-electron chi connectivity index (χ4n) is 3.47. The Hall–Kier alpha value is -0.700. The second kappa shape index (κ2) is 10.6. The molecule has 0 bridgehead atoms. The minimum Gasteiger partial charge on any atom is -0.357 e. The van der Waals surface area contributed by atoms with Crippen LogP contribution in [0.1, 0.15) is 32.3 Å². The molecule has 1 unspecified atom stereocenters. The Morgan fingerprint density at radius 3 is 2.81 bits per heavy atom. The number of thioether (sulfide) groups is 1. The maximum Gasteiger partial charge on any atom is 0.193 e. The summed E-state index contributed by atoms with van der Waals surface area (Å²) in [6.07, 6.45) is 4.49. The summed E-state index contributed by atoms with van der Waals surface area (Å²) in [7, 11) is 1.89. The lowest BCUT2D eigenvalue weighted by Gasteiger charge is -2.36. The molecule has 1 aromatic rings. The zero-order valence-corrected chi connectivity index (χ0v) is 19.3. The normalized spacial score (nSPS) is 21.1. The van der Waals surface area contributed by atoms with Gasteiger partial charge in [-0.1, -0.05) is 13.8 Å². The van der Waals surface area contributed by atoms with Crippen molar-refractivity contribution in [1.82, 2.24) is 15.2 Å². The molecule has 1 atom stereocenters. The van der Waals surface area contributed by atoms with E-state index in [1.54, 1.807) is 0 Å². The molecule has 2 saturated heterocycles. The number of nitrogens with zero attached hydrogens (tertiary/aromatic N) is 4. The Morgan fingerprint density at radius 1 is 1.35 bits per heavy atom. The van der Waals surface area contributed by atoms with Gasteiger partial charge >= 0.3 is 0 Å². The second-order valence-corrected chi connectivity index (χ2v) is 8.56. The third kappa shape index (κ3) is 5.65. The van der Waals surface area contributed by atoms with E-state index in [0.29, 0.717) is 11.2 Å². The van der Waals surface area contributed by atoms with Crippen molar-refractivity contribution in [3.8, 4) is 0 Å². The van der Waals surface area contributed by atoms with E-state index < -0.39 is 0 Å². The fraction of sp³-hybridized carbons (Fsp3) is 0.684. The minimum atomic E-state index is 0. The highest BCUT2D eigenvalue weighted by atomic mass is 127. The summed E-state index contributed by atoms with van der Waals surface area (Å²) in [5, 5.41) is 4.24. The number of aromatic nitrogens is 1. The summed E-state index contributed by atoms with van der Waals surface area (Å²) >= 11 is 2.10. The SMILES string of the molecule is CN=C(NCc1ccnc(N2CCCC2)c1)N1CCSC(C(C)C)C1.I. The quantitative estimate of drug-likeness (QED) is 0.399. The Balaban J connectivity index is 0.00000243. The van der Waals surface area contributed by atoms with Crippen LogP contribution < -0.4 is 10.2 Å². The molecule has 2 aliphatic heterocycles. The summed E-state index contributed by atoms with van der Waals surface area (Å²) in [5.41, 5.74) is 1.27. The first-order valence-corrected chi connectivity index (χ1v) is 10.5. The van der Waals surface area contributed by atoms with Crippen LogP contribution in [-0.2, 0) is 6.54 Å². The van der Waals surface area contributed by atoms with E-state index in [1.807, 2.05) is 13.2 Å². The van der Waals surface area contributed by atoms with Crippen molar-refractivity contribution in [3.05, 3.63) is 23.9 Å². The lowest BCUT2D eigenvalue weighted by Crippen LogP contribution is -2.48. The zero-order chi connectivity index (χ0) is 17.6. The smallest absolute Gasteiger partial charge is 0.193 e. The first-order valence-electron chi connectivity index (χ1n) is 9.44. The standard InChI is InChI=1S/C19H31N5S.HI/c1-15(2)17-14-24(10-11-25-17)19(20-3)22-13-16-6-7-21-18(12-16)23-8-4-5-9-23;/h6-7,12,15,17H,4-5,8-11,13-14H2,1-3H3,(H,20,22);1H. The molecule has 5 nitrogen and oxygen atoms in total. The summed E-state index contributed by atoms with van der Waals surface area (Å²) in [5.74, 6) is 4.01. The average Bonchev–Trinajstić information content (AvgIpc) is 3.17. The number of hydrogen-bond donors (Lipinski definition) is 1. The predicted octanol–water partition coefficient (Wildman–Crippen LogP) is 3.45. The minimum absolute atomic E-state index is 0. The lowest BCUT2D eigenvalue weighted by molar-refractivity contribution is 0.380. The fourth-order valence-corrected chi connectivity index (χ4v) is 4.77. The third-order valence-electron chi connectivity index (χ3n) is 5.04. The molecule has 0 amide bonds. The maximum atomic E-state index is 4.54. The molecule has 0 aromatic carbocycles. The van der Waals surface area contributed by atoms with E-state index >= 15 is 0 Å². The number of pyridine rings is 1. The first kappa shape index (κ1) is 21.6. The first-order chi connectivity index (χ1) is 12.2. The highest BCUT2D eigenvalue weighted by Crippen LogP contribution is 2.25. The molecule has 2 fully saturated rings. The van der Waals surface area contributed by atoms with Crippen LogP contribution in [-0.4, -0.2) is 60.1 Å². The molecule has 146 valence electrons. The van der Waals surface area contributed by atoms with Crippen molar-refractivity contribution in [2.75, 3.05) is 43.9 Å². The largest absolute Gasteiger partial charge is 0.357 e. The number of aliphatic imine (C=N–C) groups is 1. The molecule has 3 heterocycles. The molecular weight excluding hydrogens is 457 g/mol. The van der Waals surface area contributed by atoms with Gasteiger partial charge in [-0.05, 0) is 36.5 Å². The van der Waals surface area contributed by atoms with Crippen LogP contribution in [0.15, 0.2) is 23.3 Å². The van der Waals surface area contributed by atoms with Crippen molar-refractivity contribution in [3.63, 3.8) is 0 Å². The molecule has 0 radical (unpaired) electrons. The topological polar surface area (TPSA) is 43.8 Å². The summed E-state index contributed by atoms with van der Waals surface area (Å²) in [6, 6.07) is 4.32. The van der Waals surface area contributed by atoms with Gasteiger partial charge in [-0.3, -0.25) is 4.99 Å². The van der Waals surface area contributed by atoms with E-state index in [4.69, 9.17) is 0 Å². The number of hydrogen-bond acceptors (Lipinski definition) is 4. The van der Waals surface area contributed by atoms with Crippen LogP contribution in [0, 0.1) is 5.92 Å². The second-order valence-electron chi connectivity index (χ2n) is 7.22. The number of halogens is 1. The molecule has 0 spiro atoms. The van der Waals surface area contributed by atoms with Gasteiger partial charge in [0.2, 0.25) is 0 Å². The molecule has 2 aliphatic rings. The molecule has 7 heteroatoms. The van der Waals surface area contributed by atoms with E-state index in [0.717, 1.165) is 44.5 Å². The lowest BCUT2D eigenvalue weighted by atomic mass is 10.1. The van der Waals surface area contributed by atoms with Gasteiger partial charge < -0.3 is 15.1 Å². The molecular formula is C19H32IN5S. The van der Waals surface area contributed by atoms with Gasteiger partial charge in [0.1, 0.15) is 5.82 Å². The van der Waals surface area contributed by atoms with E-state index in [9.17, 15) is 0 Å². The van der Waals surface area contributed by atoms with Gasteiger partial charge in [0, 0.05) is 57.0 Å². The van der Waals surface area contributed by atoms with Crippen molar-refractivity contribution in [1.29, 1.82) is 0 Å². The van der Waals surface area contributed by atoms with Crippen molar-refractivity contribution < 1.29 is 0 Å². The van der Waals surface area contributed by atoms with E-state index in [-0.39, 0.29) is 24.0 Å². The van der Waals surface area contributed by atoms with E-state index in [2.05, 4.69) is 62.8 Å². The van der Waals surface area contributed by atoms with Crippen molar-refractivity contribution >= 4 is 47.5 Å². The van der Waals surface area contributed by atoms with Crippen LogP contribution in [0.4, 0.5) is 5.82 Å². The van der Waals surface area contributed by atoms with Crippen molar-refractivity contribution in [2.24, 2.45) is 10.9 Å². The van der Waals surface area contributed by atoms with Crippen LogP contribution in [0.5, 0.6) is 0 Å². The molecule has 0 saturated carbocycles. The maximum absolute atomic E-state index is 4.54. The monoisotopic (exact) mass is 489 g/mol. The predicted molar refractivity (Wildman–Crippen MR) is 124 cm³/mol. The number of nitrogens with one attached hydrogen (secondary N) is 1. The number of guanidine groups is 1. The Morgan fingerprint density at radius 2 is 2.12 bits per heavy atom. The van der Waals surface area contributed by atoms with Gasteiger partial charge in [0.15, 0.2) is 5.96 Å². The third-order valence-corrected chi connectivity index (χ3v) is 6.58. The van der Waals surface area contributed by atoms with Crippen molar-refractivity contribution in [2.45, 2.75) is 38.5 Å². The summed E-state index contributed by atoms with van der Waals surface area (Å²) < 4.78 is 0. The Bertz CT molecular complexity index is 589. The van der Waals surface area contributed by atoms with Crippen LogP contribution in [0.2, 0.25) is 0 Å². The number of rotatable bonds is 4. The summed E-state index contributed by atoms with van der Waals surface area (Å²) in [6.45, 7) is 9.84. The average molecular weight is 489 g/mol. The molecule has 1 N–H and O–H groups in total. The Kier molecular flexibility index (Phi) is 8.79.